The van der Waals surface area contributed by atoms with E-state index in [1.807, 2.05) is 26.0 Å². The molecule has 0 saturated heterocycles. The molecule has 0 saturated carbocycles. The highest BCUT2D eigenvalue weighted by Gasteiger charge is 1.91. The zero-order chi connectivity index (χ0) is 11.0. The zero-order valence-corrected chi connectivity index (χ0v) is 9.17. The molecule has 0 aliphatic heterocycles. The van der Waals surface area contributed by atoms with Gasteiger partial charge in [-0.25, -0.2) is 0 Å². The summed E-state index contributed by atoms with van der Waals surface area (Å²) in [6, 6.07) is 0. The summed E-state index contributed by atoms with van der Waals surface area (Å²) < 4.78 is 0. The Bertz CT molecular complexity index is 272. The van der Waals surface area contributed by atoms with Gasteiger partial charge in [0.05, 0.1) is 6.34 Å². The van der Waals surface area contributed by atoms with Crippen LogP contribution in [0.4, 0.5) is 0 Å². The summed E-state index contributed by atoms with van der Waals surface area (Å²) in [6.07, 6.45) is 5.59. The van der Waals surface area contributed by atoms with E-state index in [0.29, 0.717) is 6.54 Å². The highest BCUT2D eigenvalue weighted by atomic mass is 14.9. The molecule has 0 aliphatic carbocycles. The lowest BCUT2D eigenvalue weighted by Gasteiger charge is -2.03. The molecule has 0 rings (SSSR count). The highest BCUT2D eigenvalue weighted by molar-refractivity contribution is 5.59. The summed E-state index contributed by atoms with van der Waals surface area (Å²) in [5.74, 6) is 0. The summed E-state index contributed by atoms with van der Waals surface area (Å²) in [6.45, 7) is 8.43. The third kappa shape index (κ3) is 5.32. The van der Waals surface area contributed by atoms with Gasteiger partial charge in [0.2, 0.25) is 0 Å². The first-order chi connectivity index (χ1) is 6.61. The third-order valence-electron chi connectivity index (χ3n) is 1.78. The average Bonchev–Trinajstić information content (AvgIpc) is 2.21. The Morgan fingerprint density at radius 1 is 1.43 bits per heavy atom. The largest absolute Gasteiger partial charge is 0.347 e. The van der Waals surface area contributed by atoms with Crippen LogP contribution in [-0.2, 0) is 0 Å². The second kappa shape index (κ2) is 7.09. The fourth-order valence-electron chi connectivity index (χ4n) is 0.692. The van der Waals surface area contributed by atoms with Crippen LogP contribution < -0.4 is 11.1 Å². The first-order valence-corrected chi connectivity index (χ1v) is 4.52. The number of nitrogens with one attached hydrogen (secondary N) is 1. The van der Waals surface area contributed by atoms with Crippen LogP contribution in [0, 0.1) is 0 Å². The lowest BCUT2D eigenvalue weighted by atomic mass is 10.2. The molecule has 0 radical (unpaired) electrons. The van der Waals surface area contributed by atoms with Crippen LogP contribution >= 0.6 is 0 Å². The number of rotatable bonds is 5. The van der Waals surface area contributed by atoms with Crippen molar-refractivity contribution < 1.29 is 0 Å². The maximum Gasteiger partial charge on any atom is 0.0864 e. The summed E-state index contributed by atoms with van der Waals surface area (Å²) >= 11 is 0. The molecule has 0 heterocycles. The van der Waals surface area contributed by atoms with Crippen molar-refractivity contribution in [2.45, 2.75) is 13.8 Å². The molecule has 78 valence electrons. The Morgan fingerprint density at radius 2 is 2.07 bits per heavy atom. The summed E-state index contributed by atoms with van der Waals surface area (Å²) in [5.41, 5.74) is 8.51. The van der Waals surface area contributed by atoms with Gasteiger partial charge in [0.25, 0.3) is 0 Å². The molecule has 0 fully saturated rings. The number of hydrogen-bond acceptors (Lipinski definition) is 2. The molecule has 0 bridgehead atoms. The lowest BCUT2D eigenvalue weighted by Crippen LogP contribution is -2.10. The minimum absolute atomic E-state index is 0.583. The Hall–Kier alpha value is -1.35. The Morgan fingerprint density at radius 3 is 2.57 bits per heavy atom. The monoisotopic (exact) mass is 193 g/mol. The molecule has 0 aromatic heterocycles. The van der Waals surface area contributed by atoms with E-state index in [2.05, 4.69) is 16.9 Å². The number of hydrogen-bond donors (Lipinski definition) is 2. The molecular weight excluding hydrogens is 174 g/mol. The van der Waals surface area contributed by atoms with E-state index in [1.165, 1.54) is 0 Å². The van der Waals surface area contributed by atoms with Gasteiger partial charge >= 0.3 is 0 Å². The van der Waals surface area contributed by atoms with Crippen LogP contribution in [0.5, 0.6) is 0 Å². The van der Waals surface area contributed by atoms with Crippen LogP contribution in [-0.4, -0.2) is 19.9 Å². The zero-order valence-electron chi connectivity index (χ0n) is 9.17. The molecule has 0 atom stereocenters. The predicted octanol–water partition coefficient (Wildman–Crippen LogP) is 1.60. The molecule has 3 heteroatoms. The van der Waals surface area contributed by atoms with Crippen molar-refractivity contribution in [1.29, 1.82) is 0 Å². The minimum atomic E-state index is 0.583. The van der Waals surface area contributed by atoms with Crippen molar-refractivity contribution in [2.75, 3.05) is 13.6 Å². The number of allylic oxidation sites excluding steroid dienone is 3. The van der Waals surface area contributed by atoms with E-state index < -0.39 is 0 Å². The van der Waals surface area contributed by atoms with Crippen LogP contribution in [0.1, 0.15) is 13.8 Å². The Balaban J connectivity index is 4.30. The molecule has 0 aromatic rings. The second-order valence-corrected chi connectivity index (χ2v) is 3.08. The van der Waals surface area contributed by atoms with Gasteiger partial charge in [-0.1, -0.05) is 24.3 Å². The highest BCUT2D eigenvalue weighted by Crippen LogP contribution is 2.03. The van der Waals surface area contributed by atoms with Crippen molar-refractivity contribution in [2.24, 2.45) is 10.7 Å². The van der Waals surface area contributed by atoms with E-state index in [9.17, 15) is 0 Å². The Kier molecular flexibility index (Phi) is 6.41. The van der Waals surface area contributed by atoms with E-state index in [4.69, 9.17) is 5.73 Å². The van der Waals surface area contributed by atoms with E-state index in [0.717, 1.165) is 16.8 Å². The van der Waals surface area contributed by atoms with Gasteiger partial charge in [0.1, 0.15) is 0 Å². The normalized spacial score (nSPS) is 13.4. The fraction of sp³-hybridized carbons (Fsp3) is 0.364. The molecule has 0 aliphatic rings. The summed E-state index contributed by atoms with van der Waals surface area (Å²) in [4.78, 5) is 3.81. The number of aliphatic imine (C=N–C) groups is 1. The van der Waals surface area contributed by atoms with Gasteiger partial charge in [0, 0.05) is 19.3 Å². The molecule has 0 aromatic carbocycles. The van der Waals surface area contributed by atoms with E-state index >= 15 is 0 Å². The number of nitrogens with two attached hydrogens (primary N) is 1. The van der Waals surface area contributed by atoms with E-state index in [1.54, 1.807) is 13.4 Å². The molecule has 3 nitrogen and oxygen atoms in total. The molecule has 3 N–H and O–H groups in total. The Labute approximate surface area is 86.1 Å². The SMILES string of the molecule is C=C(NC=NC)/C(C)=C/C=C(C)CN. The fourth-order valence-corrected chi connectivity index (χ4v) is 0.692. The van der Waals surface area contributed by atoms with Crippen molar-refractivity contribution in [3.05, 3.63) is 35.6 Å². The lowest BCUT2D eigenvalue weighted by molar-refractivity contribution is 1.13. The smallest absolute Gasteiger partial charge is 0.0864 e. The van der Waals surface area contributed by atoms with Crippen molar-refractivity contribution in [1.82, 2.24) is 5.32 Å². The standard InChI is InChI=1S/C11H19N3/c1-9(7-12)5-6-10(2)11(3)14-8-13-4/h5-6,8H,3,7,12H2,1-2,4H3,(H,13,14)/b9-5?,10-6+. The molecular formula is C11H19N3. The van der Waals surface area contributed by atoms with Crippen LogP contribution in [0.3, 0.4) is 0 Å². The average molecular weight is 193 g/mol. The van der Waals surface area contributed by atoms with Crippen LogP contribution in [0.15, 0.2) is 40.6 Å². The van der Waals surface area contributed by atoms with Crippen LogP contribution in [0.2, 0.25) is 0 Å². The third-order valence-corrected chi connectivity index (χ3v) is 1.78. The van der Waals surface area contributed by atoms with Gasteiger partial charge in [0.15, 0.2) is 0 Å². The molecule has 14 heavy (non-hydrogen) atoms. The topological polar surface area (TPSA) is 50.4 Å². The van der Waals surface area contributed by atoms with Gasteiger partial charge in [-0.15, -0.1) is 0 Å². The van der Waals surface area contributed by atoms with Gasteiger partial charge < -0.3 is 11.1 Å². The van der Waals surface area contributed by atoms with Crippen molar-refractivity contribution >= 4 is 6.34 Å². The van der Waals surface area contributed by atoms with Crippen molar-refractivity contribution in [3.8, 4) is 0 Å². The predicted molar refractivity (Wildman–Crippen MR) is 63.3 cm³/mol. The van der Waals surface area contributed by atoms with Gasteiger partial charge in [-0.3, -0.25) is 4.99 Å². The molecule has 0 amide bonds. The van der Waals surface area contributed by atoms with Crippen molar-refractivity contribution in [3.63, 3.8) is 0 Å². The first-order valence-electron chi connectivity index (χ1n) is 4.52. The maximum atomic E-state index is 5.46. The van der Waals surface area contributed by atoms with E-state index in [-0.39, 0.29) is 0 Å². The van der Waals surface area contributed by atoms with Gasteiger partial charge in [-0.05, 0) is 19.4 Å². The van der Waals surface area contributed by atoms with Gasteiger partial charge in [-0.2, -0.15) is 0 Å². The summed E-state index contributed by atoms with van der Waals surface area (Å²) in [5, 5.41) is 2.96. The first kappa shape index (κ1) is 12.7. The maximum absolute atomic E-state index is 5.46. The molecule has 0 spiro atoms. The second-order valence-electron chi connectivity index (χ2n) is 3.08. The number of nitrogens with zero attached hydrogens (tertiary/aromatic N) is 1. The quantitative estimate of drug-likeness (QED) is 0.396. The molecule has 0 unspecified atom stereocenters. The van der Waals surface area contributed by atoms with Crippen LogP contribution in [0.25, 0.3) is 0 Å². The minimum Gasteiger partial charge on any atom is -0.347 e. The summed E-state index contributed by atoms with van der Waals surface area (Å²) in [7, 11) is 1.71.